The highest BCUT2D eigenvalue weighted by molar-refractivity contribution is 9.10. The number of carboxylic acid groups (broad SMARTS) is 1. The minimum Gasteiger partial charge on any atom is -0.507 e. The molecule has 0 unspecified atom stereocenters. The molecule has 0 atom stereocenters. The molecule has 3 aromatic rings. The molecule has 6 nitrogen and oxygen atoms in total. The molecule has 0 amide bonds. The molecule has 3 aromatic carbocycles. The van der Waals surface area contributed by atoms with E-state index in [2.05, 4.69) is 45.7 Å². The molecule has 1 aliphatic rings. The summed E-state index contributed by atoms with van der Waals surface area (Å²) in [6.07, 6.45) is 5.93. The number of phenolic OH excluding ortho intramolecular Hbond substituents is 2. The molecule has 8 heteroatoms. The summed E-state index contributed by atoms with van der Waals surface area (Å²) in [5.74, 6) is -1.87. The molecule has 218 valence electrons. The number of fused-ring (bicyclic) bond motifs is 1. The minimum atomic E-state index is -1.79. The van der Waals surface area contributed by atoms with E-state index in [0.717, 1.165) is 69.7 Å². The Hall–Kier alpha value is -2.84. The number of aromatic hydroxyl groups is 2. The number of carbonyl (C=O) groups excluding carboxylic acids is 1. The lowest BCUT2D eigenvalue weighted by Crippen LogP contribution is -2.31. The molecular formula is C33H36Br2O6. The van der Waals surface area contributed by atoms with Gasteiger partial charge in [0.1, 0.15) is 11.5 Å². The van der Waals surface area contributed by atoms with E-state index in [1.165, 1.54) is 18.2 Å². The second kappa shape index (κ2) is 12.6. The fourth-order valence-electron chi connectivity index (χ4n) is 6.02. The van der Waals surface area contributed by atoms with Gasteiger partial charge < -0.3 is 20.1 Å². The van der Waals surface area contributed by atoms with E-state index in [0.29, 0.717) is 12.8 Å². The first-order valence-electron chi connectivity index (χ1n) is 14.3. The average molecular weight is 688 g/mol. The van der Waals surface area contributed by atoms with Crippen LogP contribution in [0.5, 0.6) is 11.5 Å². The Morgan fingerprint density at radius 1 is 0.732 bits per heavy atom. The second-order valence-electron chi connectivity index (χ2n) is 10.6. The lowest BCUT2D eigenvalue weighted by molar-refractivity contribution is 0.0238. The van der Waals surface area contributed by atoms with Crippen molar-refractivity contribution in [1.82, 2.24) is 0 Å². The second-order valence-corrected chi connectivity index (χ2v) is 12.3. The topological polar surface area (TPSA) is 104 Å². The third-order valence-electron chi connectivity index (χ3n) is 7.80. The number of aromatic carboxylic acids is 1. The zero-order chi connectivity index (χ0) is 30.1. The predicted molar refractivity (Wildman–Crippen MR) is 166 cm³/mol. The molecule has 0 aliphatic carbocycles. The standard InChI is InChI=1S/C33H36Br2O6/c1-5-9-19-21(11-7-3)29(36)25(16-27(19)34)33(24-15-18(31(38)39)13-14-23(24)32(40)41-33)26-17-28(35)20(10-6-2)22(12-8-4)30(26)37/h13-17,36-37H,5-12H2,1-4H3,(H,38,39). The summed E-state index contributed by atoms with van der Waals surface area (Å²) in [7, 11) is 0. The summed E-state index contributed by atoms with van der Waals surface area (Å²) in [5, 5.41) is 33.8. The van der Waals surface area contributed by atoms with Gasteiger partial charge in [0.25, 0.3) is 0 Å². The molecule has 0 fully saturated rings. The van der Waals surface area contributed by atoms with Crippen LogP contribution in [0.2, 0.25) is 0 Å². The van der Waals surface area contributed by atoms with Crippen LogP contribution in [0.25, 0.3) is 0 Å². The van der Waals surface area contributed by atoms with Crippen molar-refractivity contribution in [2.24, 2.45) is 0 Å². The van der Waals surface area contributed by atoms with Crippen molar-refractivity contribution < 1.29 is 29.6 Å². The van der Waals surface area contributed by atoms with Crippen molar-refractivity contribution in [2.45, 2.75) is 84.7 Å². The van der Waals surface area contributed by atoms with Gasteiger partial charge in [-0.2, -0.15) is 0 Å². The number of halogens is 2. The number of phenols is 2. The molecule has 41 heavy (non-hydrogen) atoms. The van der Waals surface area contributed by atoms with Gasteiger partial charge in [-0.3, -0.25) is 0 Å². The number of rotatable bonds is 11. The molecule has 0 saturated carbocycles. The lowest BCUT2D eigenvalue weighted by Gasteiger charge is -2.34. The van der Waals surface area contributed by atoms with Gasteiger partial charge in [-0.25, -0.2) is 9.59 Å². The molecule has 1 heterocycles. The van der Waals surface area contributed by atoms with E-state index in [4.69, 9.17) is 4.74 Å². The number of hydrogen-bond donors (Lipinski definition) is 3. The van der Waals surface area contributed by atoms with Crippen molar-refractivity contribution in [2.75, 3.05) is 0 Å². The summed E-state index contributed by atoms with van der Waals surface area (Å²) >= 11 is 7.45. The smallest absolute Gasteiger partial charge is 0.340 e. The Balaban J connectivity index is 2.22. The maximum atomic E-state index is 13.5. The van der Waals surface area contributed by atoms with Crippen LogP contribution < -0.4 is 0 Å². The van der Waals surface area contributed by atoms with Gasteiger partial charge in [0.2, 0.25) is 0 Å². The van der Waals surface area contributed by atoms with E-state index < -0.39 is 17.5 Å². The first kappa shape index (κ1) is 31.1. The highest BCUT2D eigenvalue weighted by Gasteiger charge is 2.53. The quantitative estimate of drug-likeness (QED) is 0.175. The van der Waals surface area contributed by atoms with Crippen LogP contribution in [-0.2, 0) is 36.0 Å². The largest absolute Gasteiger partial charge is 0.507 e. The molecule has 0 radical (unpaired) electrons. The number of hydrogen-bond acceptors (Lipinski definition) is 5. The third-order valence-corrected chi connectivity index (χ3v) is 9.21. The van der Waals surface area contributed by atoms with Crippen LogP contribution in [0.1, 0.15) is 113 Å². The van der Waals surface area contributed by atoms with Crippen LogP contribution in [0.3, 0.4) is 0 Å². The molecule has 4 rings (SSSR count). The van der Waals surface area contributed by atoms with Crippen molar-refractivity contribution in [3.05, 3.63) is 89.3 Å². The number of esters is 1. The fraction of sp³-hybridized carbons (Fsp3) is 0.394. The van der Waals surface area contributed by atoms with Crippen molar-refractivity contribution >= 4 is 43.8 Å². The van der Waals surface area contributed by atoms with Crippen molar-refractivity contribution in [1.29, 1.82) is 0 Å². The van der Waals surface area contributed by atoms with Crippen LogP contribution in [-0.4, -0.2) is 27.3 Å². The van der Waals surface area contributed by atoms with Gasteiger partial charge in [0.05, 0.1) is 11.1 Å². The maximum absolute atomic E-state index is 13.5. The normalized spacial score (nSPS) is 13.8. The van der Waals surface area contributed by atoms with Crippen LogP contribution in [0.15, 0.2) is 39.3 Å². The average Bonchev–Trinajstić information content (AvgIpc) is 3.24. The van der Waals surface area contributed by atoms with Crippen LogP contribution in [0, 0.1) is 0 Å². The first-order chi connectivity index (χ1) is 19.6. The number of ether oxygens (including phenoxy) is 1. The van der Waals surface area contributed by atoms with E-state index in [1.54, 1.807) is 12.1 Å². The predicted octanol–water partition coefficient (Wildman–Crippen LogP) is 8.59. The number of cyclic esters (lactones) is 1. The van der Waals surface area contributed by atoms with E-state index >= 15 is 0 Å². The Kier molecular flexibility index (Phi) is 9.54. The molecule has 0 saturated heterocycles. The van der Waals surface area contributed by atoms with E-state index in [1.807, 2.05) is 13.8 Å². The SMILES string of the molecule is CCCc1c(Br)cc(C2(c3cc(Br)c(CCC)c(CCC)c3O)OC(=O)c3ccc(C(=O)O)cc32)c(O)c1CCC. The highest BCUT2D eigenvalue weighted by Crippen LogP contribution is 2.55. The van der Waals surface area contributed by atoms with Crippen molar-refractivity contribution in [3.63, 3.8) is 0 Å². The Labute approximate surface area is 258 Å². The van der Waals surface area contributed by atoms with Crippen LogP contribution >= 0.6 is 31.9 Å². The number of benzene rings is 3. The highest BCUT2D eigenvalue weighted by atomic mass is 79.9. The first-order valence-corrected chi connectivity index (χ1v) is 15.8. The summed E-state index contributed by atoms with van der Waals surface area (Å²) in [4.78, 5) is 25.6. The van der Waals surface area contributed by atoms with Gasteiger partial charge in [-0.15, -0.1) is 0 Å². The fourth-order valence-corrected chi connectivity index (χ4v) is 7.35. The van der Waals surface area contributed by atoms with Crippen molar-refractivity contribution in [3.8, 4) is 11.5 Å². The summed E-state index contributed by atoms with van der Waals surface area (Å²) in [6.45, 7) is 8.20. The molecule has 3 N–H and O–H groups in total. The summed E-state index contributed by atoms with van der Waals surface area (Å²) < 4.78 is 7.78. The summed E-state index contributed by atoms with van der Waals surface area (Å²) in [6, 6.07) is 7.73. The molecular weight excluding hydrogens is 652 g/mol. The Morgan fingerprint density at radius 3 is 1.59 bits per heavy atom. The third kappa shape index (κ3) is 5.29. The van der Waals surface area contributed by atoms with Gasteiger partial charge in [0.15, 0.2) is 5.60 Å². The number of carboxylic acids is 1. The zero-order valence-corrected chi connectivity index (χ0v) is 27.0. The maximum Gasteiger partial charge on any atom is 0.340 e. The monoisotopic (exact) mass is 686 g/mol. The molecule has 0 bridgehead atoms. The molecule has 1 aliphatic heterocycles. The lowest BCUT2D eigenvalue weighted by atomic mass is 9.75. The van der Waals surface area contributed by atoms with Gasteiger partial charge in [-0.1, -0.05) is 85.2 Å². The van der Waals surface area contributed by atoms with Gasteiger partial charge in [0, 0.05) is 25.6 Å². The minimum absolute atomic E-state index is 0.0231. The summed E-state index contributed by atoms with van der Waals surface area (Å²) in [5.41, 5.74) is 2.61. The van der Waals surface area contributed by atoms with Gasteiger partial charge >= 0.3 is 11.9 Å². The Morgan fingerprint density at radius 2 is 1.17 bits per heavy atom. The van der Waals surface area contributed by atoms with Gasteiger partial charge in [-0.05, 0) is 78.3 Å². The number of carbonyl (C=O) groups is 2. The zero-order valence-electron chi connectivity index (χ0n) is 23.9. The van der Waals surface area contributed by atoms with E-state index in [-0.39, 0.29) is 39.3 Å². The molecule has 0 spiro atoms. The Bertz CT molecular complexity index is 1440. The van der Waals surface area contributed by atoms with E-state index in [9.17, 15) is 24.9 Å². The van der Waals surface area contributed by atoms with Crippen LogP contribution in [0.4, 0.5) is 0 Å². The molecule has 0 aromatic heterocycles.